The maximum atomic E-state index is 12.3. The van der Waals surface area contributed by atoms with Crippen molar-refractivity contribution in [2.75, 3.05) is 13.2 Å². The lowest BCUT2D eigenvalue weighted by molar-refractivity contribution is -0.161. The Labute approximate surface area is 257 Å². The van der Waals surface area contributed by atoms with E-state index in [0.717, 1.165) is 57.8 Å². The zero-order valence-electron chi connectivity index (χ0n) is 26.9. The second-order valence-electron chi connectivity index (χ2n) is 11.5. The molecular formula is C33H63O8P. The lowest BCUT2D eigenvalue weighted by Crippen LogP contribution is -2.29. The van der Waals surface area contributed by atoms with Gasteiger partial charge in [-0.1, -0.05) is 135 Å². The van der Waals surface area contributed by atoms with Gasteiger partial charge in [0.15, 0.2) is 6.10 Å². The third-order valence-electron chi connectivity index (χ3n) is 7.28. The number of allylic oxidation sites excluding steroid dienone is 2. The zero-order valence-corrected chi connectivity index (χ0v) is 27.8. The van der Waals surface area contributed by atoms with Crippen molar-refractivity contribution in [2.45, 2.75) is 174 Å². The van der Waals surface area contributed by atoms with E-state index in [1.54, 1.807) is 0 Å². The molecule has 0 saturated heterocycles. The Balaban J connectivity index is 4.00. The minimum atomic E-state index is -4.74. The van der Waals surface area contributed by atoms with E-state index >= 15 is 0 Å². The molecule has 0 aromatic carbocycles. The molecule has 0 aromatic heterocycles. The minimum Gasteiger partial charge on any atom is -0.462 e. The Morgan fingerprint density at radius 1 is 0.595 bits per heavy atom. The van der Waals surface area contributed by atoms with Crippen LogP contribution in [0.15, 0.2) is 12.2 Å². The van der Waals surface area contributed by atoms with Gasteiger partial charge in [-0.2, -0.15) is 0 Å². The molecule has 8 nitrogen and oxygen atoms in total. The number of carbonyl (C=O) groups is 2. The molecule has 0 bridgehead atoms. The molecule has 0 saturated carbocycles. The quantitative estimate of drug-likeness (QED) is 0.0341. The van der Waals surface area contributed by atoms with Gasteiger partial charge < -0.3 is 19.3 Å². The van der Waals surface area contributed by atoms with E-state index in [1.807, 2.05) is 0 Å². The van der Waals surface area contributed by atoms with Crippen molar-refractivity contribution in [3.8, 4) is 0 Å². The smallest absolute Gasteiger partial charge is 0.462 e. The van der Waals surface area contributed by atoms with Gasteiger partial charge in [0.1, 0.15) is 6.61 Å². The van der Waals surface area contributed by atoms with Crippen molar-refractivity contribution in [1.29, 1.82) is 0 Å². The molecule has 0 radical (unpaired) electrons. The summed E-state index contributed by atoms with van der Waals surface area (Å²) in [6.07, 6.45) is 29.3. The first-order chi connectivity index (χ1) is 20.3. The highest BCUT2D eigenvalue weighted by Gasteiger charge is 2.22. The Hall–Kier alpha value is -1.21. The van der Waals surface area contributed by atoms with E-state index in [0.29, 0.717) is 6.42 Å². The van der Waals surface area contributed by atoms with Crippen LogP contribution in [-0.2, 0) is 28.2 Å². The fourth-order valence-corrected chi connectivity index (χ4v) is 5.07. The second-order valence-corrected chi connectivity index (χ2v) is 12.7. The number of carbonyl (C=O) groups excluding carboxylic acids is 2. The van der Waals surface area contributed by atoms with Crippen molar-refractivity contribution >= 4 is 19.8 Å². The molecule has 9 heteroatoms. The molecule has 1 atom stereocenters. The predicted octanol–water partition coefficient (Wildman–Crippen LogP) is 9.51. The predicted molar refractivity (Wildman–Crippen MR) is 170 cm³/mol. The number of rotatable bonds is 31. The van der Waals surface area contributed by atoms with Crippen LogP contribution in [0.4, 0.5) is 0 Å². The largest absolute Gasteiger partial charge is 0.469 e. The summed E-state index contributed by atoms with van der Waals surface area (Å²) < 4.78 is 26.2. The summed E-state index contributed by atoms with van der Waals surface area (Å²) in [6.45, 7) is 3.62. The van der Waals surface area contributed by atoms with Crippen molar-refractivity contribution < 1.29 is 37.9 Å². The molecule has 0 aliphatic carbocycles. The molecule has 0 aromatic rings. The van der Waals surface area contributed by atoms with Gasteiger partial charge in [0, 0.05) is 12.8 Å². The molecule has 2 N–H and O–H groups in total. The van der Waals surface area contributed by atoms with Crippen molar-refractivity contribution in [3.05, 3.63) is 12.2 Å². The van der Waals surface area contributed by atoms with E-state index in [1.165, 1.54) is 77.0 Å². The molecule has 0 spiro atoms. The van der Waals surface area contributed by atoms with Crippen LogP contribution >= 0.6 is 7.82 Å². The van der Waals surface area contributed by atoms with Crippen molar-refractivity contribution in [2.24, 2.45) is 0 Å². The van der Waals surface area contributed by atoms with Gasteiger partial charge in [0.2, 0.25) is 0 Å². The highest BCUT2D eigenvalue weighted by molar-refractivity contribution is 7.46. The van der Waals surface area contributed by atoms with Crippen LogP contribution in [0.1, 0.15) is 168 Å². The number of phosphoric acid groups is 1. The molecule has 0 rings (SSSR count). The first-order valence-corrected chi connectivity index (χ1v) is 18.5. The number of esters is 2. The van der Waals surface area contributed by atoms with Crippen LogP contribution in [0.2, 0.25) is 0 Å². The van der Waals surface area contributed by atoms with Gasteiger partial charge in [-0.15, -0.1) is 0 Å². The van der Waals surface area contributed by atoms with Gasteiger partial charge in [-0.05, 0) is 32.1 Å². The Kier molecular flexibility index (Phi) is 29.0. The standard InChI is InChI=1S/C33H63O8P/c1-3-5-7-9-11-13-15-16-18-19-21-23-25-27-32(34)39-29-31(30-40-42(36,37)38)41-33(35)28-26-24-22-20-17-14-12-10-8-6-4-2/h10,12,31H,3-9,11,13-30H2,1-2H3,(H2,36,37,38)/b12-10+/t31-/m0/s1. The summed E-state index contributed by atoms with van der Waals surface area (Å²) in [5.74, 6) is -0.892. The highest BCUT2D eigenvalue weighted by atomic mass is 31.2. The molecule has 0 fully saturated rings. The van der Waals surface area contributed by atoms with Gasteiger partial charge in [0.25, 0.3) is 0 Å². The van der Waals surface area contributed by atoms with Crippen LogP contribution in [0.25, 0.3) is 0 Å². The summed E-state index contributed by atoms with van der Waals surface area (Å²) in [7, 11) is -4.74. The van der Waals surface area contributed by atoms with Crippen LogP contribution in [-0.4, -0.2) is 41.0 Å². The topological polar surface area (TPSA) is 119 Å². The monoisotopic (exact) mass is 618 g/mol. The average molecular weight is 619 g/mol. The first-order valence-electron chi connectivity index (χ1n) is 17.0. The number of unbranched alkanes of at least 4 members (excludes halogenated alkanes) is 19. The van der Waals surface area contributed by atoms with Crippen LogP contribution in [0.3, 0.4) is 0 Å². The number of hydrogen-bond donors (Lipinski definition) is 2. The molecule has 42 heavy (non-hydrogen) atoms. The van der Waals surface area contributed by atoms with Crippen molar-refractivity contribution in [1.82, 2.24) is 0 Å². The molecule has 0 heterocycles. The van der Waals surface area contributed by atoms with Gasteiger partial charge in [-0.25, -0.2) is 4.57 Å². The molecule has 0 amide bonds. The van der Waals surface area contributed by atoms with Crippen LogP contribution in [0, 0.1) is 0 Å². The SMILES string of the molecule is CCCC/C=C/CCCCCCCC(=O)O[C@@H](COC(=O)CCCCCCCCCCCCCCC)COP(=O)(O)O. The number of ether oxygens (including phenoxy) is 2. The molecule has 0 aliphatic rings. The molecule has 0 aliphatic heterocycles. The normalized spacial score (nSPS) is 12.6. The first kappa shape index (κ1) is 40.8. The van der Waals surface area contributed by atoms with E-state index in [4.69, 9.17) is 19.3 Å². The Bertz CT molecular complexity index is 706. The zero-order chi connectivity index (χ0) is 31.2. The van der Waals surface area contributed by atoms with E-state index in [-0.39, 0.29) is 19.4 Å². The van der Waals surface area contributed by atoms with E-state index < -0.39 is 32.5 Å². The molecule has 248 valence electrons. The maximum Gasteiger partial charge on any atom is 0.469 e. The Morgan fingerprint density at radius 3 is 1.52 bits per heavy atom. The molecule has 0 unspecified atom stereocenters. The van der Waals surface area contributed by atoms with Crippen LogP contribution < -0.4 is 0 Å². The van der Waals surface area contributed by atoms with Crippen LogP contribution in [0.5, 0.6) is 0 Å². The van der Waals surface area contributed by atoms with E-state index in [2.05, 4.69) is 30.5 Å². The Morgan fingerprint density at radius 2 is 1.02 bits per heavy atom. The third kappa shape index (κ3) is 31.7. The number of phosphoric ester groups is 1. The highest BCUT2D eigenvalue weighted by Crippen LogP contribution is 2.36. The van der Waals surface area contributed by atoms with Gasteiger partial charge >= 0.3 is 19.8 Å². The fraction of sp³-hybridized carbons (Fsp3) is 0.879. The summed E-state index contributed by atoms with van der Waals surface area (Å²) in [5, 5.41) is 0. The average Bonchev–Trinajstić information content (AvgIpc) is 2.95. The number of hydrogen-bond acceptors (Lipinski definition) is 6. The van der Waals surface area contributed by atoms with E-state index in [9.17, 15) is 14.2 Å². The second kappa shape index (κ2) is 29.8. The summed E-state index contributed by atoms with van der Waals surface area (Å²) in [5.41, 5.74) is 0. The summed E-state index contributed by atoms with van der Waals surface area (Å²) in [6, 6.07) is 0. The summed E-state index contributed by atoms with van der Waals surface area (Å²) in [4.78, 5) is 42.5. The third-order valence-corrected chi connectivity index (χ3v) is 7.77. The lowest BCUT2D eigenvalue weighted by Gasteiger charge is -2.18. The van der Waals surface area contributed by atoms with Crippen molar-refractivity contribution in [3.63, 3.8) is 0 Å². The van der Waals surface area contributed by atoms with Gasteiger partial charge in [-0.3, -0.25) is 14.1 Å². The summed E-state index contributed by atoms with van der Waals surface area (Å²) >= 11 is 0. The molecular weight excluding hydrogens is 555 g/mol. The fourth-order valence-electron chi connectivity index (χ4n) is 4.71. The van der Waals surface area contributed by atoms with Gasteiger partial charge in [0.05, 0.1) is 6.61 Å². The lowest BCUT2D eigenvalue weighted by atomic mass is 10.0. The maximum absolute atomic E-state index is 12.3. The minimum absolute atomic E-state index is 0.205.